The minimum Gasteiger partial charge on any atom is -0.372 e. The van der Waals surface area contributed by atoms with Crippen molar-refractivity contribution in [3.8, 4) is 0 Å². The second kappa shape index (κ2) is 5.61. The van der Waals surface area contributed by atoms with E-state index in [1.54, 1.807) is 18.3 Å². The maximum Gasteiger partial charge on any atom is 0.411 e. The molecular weight excluding hydrogens is 262 g/mol. The molecule has 1 aromatic carbocycles. The van der Waals surface area contributed by atoms with Crippen molar-refractivity contribution in [2.45, 2.75) is 19.1 Å². The van der Waals surface area contributed by atoms with E-state index in [4.69, 9.17) is 0 Å². The number of fused-ring (bicyclic) bond motifs is 1. The largest absolute Gasteiger partial charge is 0.411 e. The standard InChI is InChI=1S/C13H13F4NO/c14-11-2-3-12-10(8-11)4-6-18(12)5-1-7-19-9-13(15,16)17/h2-4,6,8H,1,5,7,9H2. The Morgan fingerprint density at radius 1 is 1.16 bits per heavy atom. The molecule has 6 heteroatoms. The number of ether oxygens (including phenoxy) is 1. The lowest BCUT2D eigenvalue weighted by Gasteiger charge is -2.08. The van der Waals surface area contributed by atoms with Gasteiger partial charge < -0.3 is 9.30 Å². The van der Waals surface area contributed by atoms with Gasteiger partial charge in [0.05, 0.1) is 0 Å². The predicted molar refractivity (Wildman–Crippen MR) is 63.4 cm³/mol. The summed E-state index contributed by atoms with van der Waals surface area (Å²) in [6.45, 7) is -0.641. The number of aryl methyl sites for hydroxylation is 1. The molecule has 0 spiro atoms. The minimum absolute atomic E-state index is 0.0420. The highest BCUT2D eigenvalue weighted by atomic mass is 19.4. The van der Waals surface area contributed by atoms with E-state index in [1.165, 1.54) is 12.1 Å². The molecule has 0 saturated carbocycles. The van der Waals surface area contributed by atoms with Crippen LogP contribution in [0.5, 0.6) is 0 Å². The zero-order chi connectivity index (χ0) is 13.9. The molecule has 0 aliphatic heterocycles. The fourth-order valence-electron chi connectivity index (χ4n) is 1.89. The molecule has 0 radical (unpaired) electrons. The number of hydrogen-bond acceptors (Lipinski definition) is 1. The summed E-state index contributed by atoms with van der Waals surface area (Å²) in [6, 6.07) is 6.21. The van der Waals surface area contributed by atoms with Gasteiger partial charge in [0.2, 0.25) is 0 Å². The van der Waals surface area contributed by atoms with Crippen molar-refractivity contribution >= 4 is 10.9 Å². The van der Waals surface area contributed by atoms with Crippen LogP contribution < -0.4 is 0 Å². The zero-order valence-corrected chi connectivity index (χ0v) is 10.1. The van der Waals surface area contributed by atoms with Gasteiger partial charge in [-0.05, 0) is 30.7 Å². The van der Waals surface area contributed by atoms with E-state index in [0.29, 0.717) is 13.0 Å². The van der Waals surface area contributed by atoms with Crippen LogP contribution in [0.2, 0.25) is 0 Å². The molecule has 0 bridgehead atoms. The van der Waals surface area contributed by atoms with Crippen LogP contribution in [0.1, 0.15) is 6.42 Å². The number of hydrogen-bond donors (Lipinski definition) is 0. The van der Waals surface area contributed by atoms with Crippen molar-refractivity contribution in [3.05, 3.63) is 36.3 Å². The summed E-state index contributed by atoms with van der Waals surface area (Å²) in [4.78, 5) is 0. The van der Waals surface area contributed by atoms with E-state index >= 15 is 0 Å². The Kier molecular flexibility index (Phi) is 4.09. The minimum atomic E-state index is -4.28. The van der Waals surface area contributed by atoms with Crippen molar-refractivity contribution in [2.24, 2.45) is 0 Å². The van der Waals surface area contributed by atoms with Gasteiger partial charge in [-0.2, -0.15) is 13.2 Å². The van der Waals surface area contributed by atoms with Crippen molar-refractivity contribution in [1.29, 1.82) is 0 Å². The Hall–Kier alpha value is -1.56. The van der Waals surface area contributed by atoms with Crippen LogP contribution in [-0.2, 0) is 11.3 Å². The van der Waals surface area contributed by atoms with E-state index in [1.807, 2.05) is 4.57 Å². The van der Waals surface area contributed by atoms with Crippen LogP contribution in [0, 0.1) is 5.82 Å². The number of rotatable bonds is 5. The molecule has 2 aromatic rings. The van der Waals surface area contributed by atoms with Crippen LogP contribution in [-0.4, -0.2) is 24.0 Å². The molecular formula is C13H13F4NO. The molecule has 2 rings (SSSR count). The summed E-state index contributed by atoms with van der Waals surface area (Å²) in [7, 11) is 0. The first-order valence-corrected chi connectivity index (χ1v) is 5.84. The SMILES string of the molecule is Fc1ccc2c(ccn2CCCOCC(F)(F)F)c1. The molecule has 0 unspecified atom stereocenters. The number of alkyl halides is 3. The van der Waals surface area contributed by atoms with Gasteiger partial charge in [-0.25, -0.2) is 4.39 Å². The zero-order valence-electron chi connectivity index (χ0n) is 10.1. The molecule has 1 heterocycles. The van der Waals surface area contributed by atoms with Gasteiger partial charge in [-0.3, -0.25) is 0 Å². The molecule has 0 atom stereocenters. The molecule has 0 aliphatic rings. The fraction of sp³-hybridized carbons (Fsp3) is 0.385. The molecule has 0 aliphatic carbocycles. The molecule has 19 heavy (non-hydrogen) atoms. The van der Waals surface area contributed by atoms with Crippen LogP contribution >= 0.6 is 0 Å². The first kappa shape index (κ1) is 13.9. The number of halogens is 4. The molecule has 0 N–H and O–H groups in total. The predicted octanol–water partition coefficient (Wildman–Crippen LogP) is 3.75. The summed E-state index contributed by atoms with van der Waals surface area (Å²) >= 11 is 0. The van der Waals surface area contributed by atoms with Crippen molar-refractivity contribution < 1.29 is 22.3 Å². The average molecular weight is 275 g/mol. The van der Waals surface area contributed by atoms with Gasteiger partial charge in [-0.15, -0.1) is 0 Å². The Morgan fingerprint density at radius 3 is 2.68 bits per heavy atom. The van der Waals surface area contributed by atoms with E-state index in [9.17, 15) is 17.6 Å². The maximum atomic E-state index is 13.0. The monoisotopic (exact) mass is 275 g/mol. The van der Waals surface area contributed by atoms with E-state index < -0.39 is 12.8 Å². The van der Waals surface area contributed by atoms with Gasteiger partial charge in [-0.1, -0.05) is 0 Å². The van der Waals surface area contributed by atoms with Crippen molar-refractivity contribution in [1.82, 2.24) is 4.57 Å². The number of benzene rings is 1. The lowest BCUT2D eigenvalue weighted by Crippen LogP contribution is -2.17. The second-order valence-electron chi connectivity index (χ2n) is 4.23. The average Bonchev–Trinajstić information content (AvgIpc) is 2.69. The summed E-state index contributed by atoms with van der Waals surface area (Å²) in [6.07, 6.45) is -2.03. The molecule has 1 aromatic heterocycles. The Bertz CT molecular complexity index is 547. The lowest BCUT2D eigenvalue weighted by molar-refractivity contribution is -0.174. The van der Waals surface area contributed by atoms with E-state index in [-0.39, 0.29) is 12.4 Å². The lowest BCUT2D eigenvalue weighted by atomic mass is 10.2. The highest BCUT2D eigenvalue weighted by molar-refractivity contribution is 5.80. The maximum absolute atomic E-state index is 13.0. The van der Waals surface area contributed by atoms with E-state index in [0.717, 1.165) is 10.9 Å². The smallest absolute Gasteiger partial charge is 0.372 e. The number of nitrogens with zero attached hydrogens (tertiary/aromatic N) is 1. The Labute approximate surface area is 107 Å². The van der Waals surface area contributed by atoms with Gasteiger partial charge in [0, 0.05) is 30.3 Å². The first-order chi connectivity index (χ1) is 8.96. The highest BCUT2D eigenvalue weighted by Gasteiger charge is 2.27. The summed E-state index contributed by atoms with van der Waals surface area (Å²) < 4.78 is 54.9. The second-order valence-corrected chi connectivity index (χ2v) is 4.23. The van der Waals surface area contributed by atoms with Gasteiger partial charge in [0.1, 0.15) is 12.4 Å². The van der Waals surface area contributed by atoms with Crippen LogP contribution in [0.25, 0.3) is 10.9 Å². The topological polar surface area (TPSA) is 14.2 Å². The number of aromatic nitrogens is 1. The van der Waals surface area contributed by atoms with Crippen molar-refractivity contribution in [3.63, 3.8) is 0 Å². The molecule has 104 valence electrons. The fourth-order valence-corrected chi connectivity index (χ4v) is 1.89. The highest BCUT2D eigenvalue weighted by Crippen LogP contribution is 2.18. The Balaban J connectivity index is 1.85. The molecule has 0 saturated heterocycles. The van der Waals surface area contributed by atoms with Crippen LogP contribution in [0.4, 0.5) is 17.6 Å². The van der Waals surface area contributed by atoms with Crippen molar-refractivity contribution in [2.75, 3.05) is 13.2 Å². The third-order valence-corrected chi connectivity index (χ3v) is 2.69. The molecule has 2 nitrogen and oxygen atoms in total. The quantitative estimate of drug-likeness (QED) is 0.599. The third kappa shape index (κ3) is 3.96. The third-order valence-electron chi connectivity index (χ3n) is 2.69. The molecule has 0 fully saturated rings. The summed E-state index contributed by atoms with van der Waals surface area (Å²) in [5.74, 6) is -0.307. The normalized spacial score (nSPS) is 12.2. The Morgan fingerprint density at radius 2 is 1.95 bits per heavy atom. The summed E-state index contributed by atoms with van der Waals surface area (Å²) in [5.41, 5.74) is 0.859. The summed E-state index contributed by atoms with van der Waals surface area (Å²) in [5, 5.41) is 0.774. The van der Waals surface area contributed by atoms with Gasteiger partial charge >= 0.3 is 6.18 Å². The van der Waals surface area contributed by atoms with Crippen LogP contribution in [0.3, 0.4) is 0 Å². The molecule has 0 amide bonds. The van der Waals surface area contributed by atoms with E-state index in [2.05, 4.69) is 4.74 Å². The van der Waals surface area contributed by atoms with Gasteiger partial charge in [0.15, 0.2) is 0 Å². The van der Waals surface area contributed by atoms with Gasteiger partial charge in [0.25, 0.3) is 0 Å². The first-order valence-electron chi connectivity index (χ1n) is 5.84. The van der Waals surface area contributed by atoms with Crippen LogP contribution in [0.15, 0.2) is 30.5 Å².